The quantitative estimate of drug-likeness (QED) is 0.357. The van der Waals surface area contributed by atoms with Crippen LogP contribution in [0.2, 0.25) is 0 Å². The second kappa shape index (κ2) is 12.0. The lowest BCUT2D eigenvalue weighted by atomic mass is 9.95. The molecule has 0 radical (unpaired) electrons. The second-order valence-electron chi connectivity index (χ2n) is 8.63. The van der Waals surface area contributed by atoms with Crippen molar-refractivity contribution in [1.82, 2.24) is 14.8 Å². The maximum atomic E-state index is 12.9. The van der Waals surface area contributed by atoms with Crippen LogP contribution < -0.4 is 20.1 Å². The van der Waals surface area contributed by atoms with Gasteiger partial charge in [0.1, 0.15) is 11.5 Å². The second-order valence-corrected chi connectivity index (χ2v) is 9.94. The van der Waals surface area contributed by atoms with Crippen LogP contribution in [0.3, 0.4) is 0 Å². The number of hydrogen-bond donors (Lipinski definition) is 2. The Balaban J connectivity index is 1.48. The van der Waals surface area contributed by atoms with Crippen molar-refractivity contribution >= 4 is 29.0 Å². The summed E-state index contributed by atoms with van der Waals surface area (Å²) in [5.74, 6) is 2.30. The van der Waals surface area contributed by atoms with Gasteiger partial charge in [-0.2, -0.15) is 0 Å². The van der Waals surface area contributed by atoms with Crippen molar-refractivity contribution in [2.75, 3.05) is 24.9 Å². The summed E-state index contributed by atoms with van der Waals surface area (Å²) in [4.78, 5) is 12.9. The number of amides is 1. The predicted molar refractivity (Wildman–Crippen MR) is 139 cm³/mol. The van der Waals surface area contributed by atoms with E-state index in [0.29, 0.717) is 24.0 Å². The first kappa shape index (κ1) is 24.9. The van der Waals surface area contributed by atoms with Crippen LogP contribution in [-0.2, 0) is 11.3 Å². The van der Waals surface area contributed by atoms with Gasteiger partial charge >= 0.3 is 0 Å². The molecule has 0 saturated heterocycles. The van der Waals surface area contributed by atoms with Crippen LogP contribution in [0.15, 0.2) is 53.7 Å². The third-order valence-corrected chi connectivity index (χ3v) is 7.24. The fourth-order valence-electron chi connectivity index (χ4n) is 4.28. The zero-order valence-electron chi connectivity index (χ0n) is 20.5. The molecule has 1 aliphatic rings. The molecule has 1 aromatic heterocycles. The molecule has 1 aliphatic carbocycles. The van der Waals surface area contributed by atoms with E-state index in [1.807, 2.05) is 55.5 Å². The highest BCUT2D eigenvalue weighted by molar-refractivity contribution is 8.00. The molecule has 1 amide bonds. The van der Waals surface area contributed by atoms with Gasteiger partial charge in [0, 0.05) is 29.5 Å². The molecule has 2 aromatic carbocycles. The number of methoxy groups -OCH3 is 2. The number of benzene rings is 2. The highest BCUT2D eigenvalue weighted by Gasteiger charge is 2.26. The summed E-state index contributed by atoms with van der Waals surface area (Å²) in [6.45, 7) is 2.44. The first-order valence-corrected chi connectivity index (χ1v) is 12.9. The van der Waals surface area contributed by atoms with Crippen molar-refractivity contribution < 1.29 is 14.3 Å². The van der Waals surface area contributed by atoms with Gasteiger partial charge in [0.05, 0.1) is 26.0 Å². The molecule has 2 N–H and O–H groups in total. The highest BCUT2D eigenvalue weighted by atomic mass is 32.2. The van der Waals surface area contributed by atoms with E-state index in [0.717, 1.165) is 35.3 Å². The number of hydrogen-bond acceptors (Lipinski definition) is 7. The van der Waals surface area contributed by atoms with Crippen LogP contribution in [0.25, 0.3) is 0 Å². The third-order valence-electron chi connectivity index (χ3n) is 6.18. The average molecular weight is 496 g/mol. The minimum absolute atomic E-state index is 0.0856. The highest BCUT2D eigenvalue weighted by Crippen LogP contribution is 2.34. The number of thioether (sulfide) groups is 1. The number of rotatable bonds is 10. The molecule has 35 heavy (non-hydrogen) atoms. The van der Waals surface area contributed by atoms with E-state index in [2.05, 4.69) is 25.4 Å². The van der Waals surface area contributed by atoms with Gasteiger partial charge < -0.3 is 24.7 Å². The minimum Gasteiger partial charge on any atom is -0.497 e. The molecule has 8 nitrogen and oxygen atoms in total. The Bertz CT molecular complexity index is 1130. The van der Waals surface area contributed by atoms with E-state index in [4.69, 9.17) is 9.47 Å². The summed E-state index contributed by atoms with van der Waals surface area (Å²) in [5.41, 5.74) is 1.67. The molecule has 0 bridgehead atoms. The van der Waals surface area contributed by atoms with Crippen molar-refractivity contribution in [3.8, 4) is 11.5 Å². The lowest BCUT2D eigenvalue weighted by Crippen LogP contribution is -2.24. The minimum atomic E-state index is -0.341. The number of nitrogens with zero attached hydrogens (tertiary/aromatic N) is 3. The first-order valence-electron chi connectivity index (χ1n) is 12.0. The fourth-order valence-corrected chi connectivity index (χ4v) is 5.22. The Labute approximate surface area is 210 Å². The Morgan fingerprint density at radius 1 is 1.03 bits per heavy atom. The van der Waals surface area contributed by atoms with Crippen LogP contribution in [0.5, 0.6) is 11.5 Å². The topological polar surface area (TPSA) is 90.3 Å². The monoisotopic (exact) mass is 495 g/mol. The van der Waals surface area contributed by atoms with Crippen molar-refractivity contribution in [2.45, 2.75) is 62.0 Å². The standard InChI is InChI=1S/C26H33N5O3S/c1-18(25(32)28-20-10-8-14-23(16-20)34-3)35-26-30-29-24(31(26)21-11-5-4-6-12-21)17-27-19-9-7-13-22(15-19)33-2/h7-10,13-16,18,21,27H,4-6,11-12,17H2,1-3H3,(H,28,32). The lowest BCUT2D eigenvalue weighted by Gasteiger charge is -2.26. The Kier molecular flexibility index (Phi) is 8.52. The van der Waals surface area contributed by atoms with Gasteiger partial charge in [-0.25, -0.2) is 0 Å². The van der Waals surface area contributed by atoms with E-state index in [-0.39, 0.29) is 11.2 Å². The number of ether oxygens (including phenoxy) is 2. The van der Waals surface area contributed by atoms with E-state index < -0.39 is 0 Å². The maximum absolute atomic E-state index is 12.9. The average Bonchev–Trinajstić information content (AvgIpc) is 3.30. The van der Waals surface area contributed by atoms with Gasteiger partial charge in [0.2, 0.25) is 5.91 Å². The van der Waals surface area contributed by atoms with Gasteiger partial charge in [-0.1, -0.05) is 43.2 Å². The molecule has 1 unspecified atom stereocenters. The zero-order valence-corrected chi connectivity index (χ0v) is 21.3. The van der Waals surface area contributed by atoms with E-state index in [1.165, 1.54) is 31.0 Å². The Morgan fingerprint density at radius 3 is 2.37 bits per heavy atom. The molecule has 9 heteroatoms. The summed E-state index contributed by atoms with van der Waals surface area (Å²) in [6, 6.07) is 15.5. The van der Waals surface area contributed by atoms with Gasteiger partial charge in [0.25, 0.3) is 0 Å². The van der Waals surface area contributed by atoms with Crippen molar-refractivity contribution in [1.29, 1.82) is 0 Å². The summed E-state index contributed by atoms with van der Waals surface area (Å²) >= 11 is 1.45. The number of anilines is 2. The lowest BCUT2D eigenvalue weighted by molar-refractivity contribution is -0.115. The molecule has 4 rings (SSSR count). The molecule has 186 valence electrons. The molecule has 0 aliphatic heterocycles. The van der Waals surface area contributed by atoms with Crippen LogP contribution >= 0.6 is 11.8 Å². The summed E-state index contributed by atoms with van der Waals surface area (Å²) in [5, 5.41) is 15.9. The SMILES string of the molecule is COc1cccc(NCc2nnc(SC(C)C(=O)Nc3cccc(OC)c3)n2C2CCCCC2)c1. The summed E-state index contributed by atoms with van der Waals surface area (Å²) < 4.78 is 12.8. The van der Waals surface area contributed by atoms with Crippen molar-refractivity contribution in [3.63, 3.8) is 0 Å². The maximum Gasteiger partial charge on any atom is 0.237 e. The van der Waals surface area contributed by atoms with Gasteiger partial charge in [-0.3, -0.25) is 4.79 Å². The number of carbonyl (C=O) groups excluding carboxylic acids is 1. The van der Waals surface area contributed by atoms with Crippen LogP contribution in [0, 0.1) is 0 Å². The molecule has 1 atom stereocenters. The number of nitrogens with one attached hydrogen (secondary N) is 2. The van der Waals surface area contributed by atoms with Crippen molar-refractivity contribution in [2.24, 2.45) is 0 Å². The van der Waals surface area contributed by atoms with Crippen LogP contribution in [-0.4, -0.2) is 40.1 Å². The summed E-state index contributed by atoms with van der Waals surface area (Å²) in [6.07, 6.45) is 5.85. The third kappa shape index (κ3) is 6.48. The van der Waals surface area contributed by atoms with E-state index >= 15 is 0 Å². The van der Waals surface area contributed by atoms with E-state index in [1.54, 1.807) is 14.2 Å². The molecule has 3 aromatic rings. The fraction of sp³-hybridized carbons (Fsp3) is 0.423. The van der Waals surface area contributed by atoms with E-state index in [9.17, 15) is 4.79 Å². The van der Waals surface area contributed by atoms with Crippen molar-refractivity contribution in [3.05, 3.63) is 54.4 Å². The Hall–Kier alpha value is -3.20. The predicted octanol–water partition coefficient (Wildman–Crippen LogP) is 5.53. The molecule has 1 saturated carbocycles. The van der Waals surface area contributed by atoms with Gasteiger partial charge in [-0.05, 0) is 44.0 Å². The first-order chi connectivity index (χ1) is 17.1. The summed E-state index contributed by atoms with van der Waals surface area (Å²) in [7, 11) is 3.27. The van der Waals surface area contributed by atoms with Crippen LogP contribution in [0.1, 0.15) is 50.9 Å². The zero-order chi connectivity index (χ0) is 24.6. The number of aromatic nitrogens is 3. The molecule has 1 heterocycles. The molecular weight excluding hydrogens is 462 g/mol. The molecule has 1 fully saturated rings. The Morgan fingerprint density at radius 2 is 1.69 bits per heavy atom. The van der Waals surface area contributed by atoms with Gasteiger partial charge in [0.15, 0.2) is 11.0 Å². The smallest absolute Gasteiger partial charge is 0.237 e. The molecular formula is C26H33N5O3S. The number of carbonyl (C=O) groups is 1. The van der Waals surface area contributed by atoms with Gasteiger partial charge in [-0.15, -0.1) is 10.2 Å². The van der Waals surface area contributed by atoms with Crippen LogP contribution in [0.4, 0.5) is 11.4 Å². The largest absolute Gasteiger partial charge is 0.497 e. The molecule has 0 spiro atoms. The normalized spacial score (nSPS) is 14.8.